The van der Waals surface area contributed by atoms with Crippen molar-refractivity contribution in [3.63, 3.8) is 0 Å². The number of aromatic amines is 1. The average Bonchev–Trinajstić information content (AvgIpc) is 3.28. The second-order valence-corrected chi connectivity index (χ2v) is 10.8. The number of hydrogen-bond donors (Lipinski definition) is 2. The lowest BCUT2D eigenvalue weighted by atomic mass is 9.78. The molecule has 4 aromatic rings. The molecule has 7 nitrogen and oxygen atoms in total. The molecule has 0 unspecified atom stereocenters. The van der Waals surface area contributed by atoms with E-state index in [1.165, 1.54) is 5.56 Å². The van der Waals surface area contributed by atoms with Gasteiger partial charge in [0.05, 0.1) is 28.2 Å². The number of pyridine rings is 1. The normalized spacial score (nSPS) is 17.2. The van der Waals surface area contributed by atoms with E-state index in [0.29, 0.717) is 11.3 Å². The third kappa shape index (κ3) is 4.92. The Morgan fingerprint density at radius 1 is 1.03 bits per heavy atom. The summed E-state index contributed by atoms with van der Waals surface area (Å²) in [5.41, 5.74) is 4.87. The first-order valence-corrected chi connectivity index (χ1v) is 12.5. The SMILES string of the molecule is CN(C)Cc1ccc(N=C(c2cccnc2)c2c(O)[nH]c3cc(B4OC(C)(C)C(C)(C)O4)ccc23)cc1. The van der Waals surface area contributed by atoms with Gasteiger partial charge in [-0.25, -0.2) is 4.99 Å². The highest BCUT2D eigenvalue weighted by Gasteiger charge is 2.51. The fourth-order valence-electron chi connectivity index (χ4n) is 4.50. The molecule has 0 spiro atoms. The van der Waals surface area contributed by atoms with Crippen molar-refractivity contribution < 1.29 is 14.4 Å². The third-order valence-electron chi connectivity index (χ3n) is 7.18. The first kappa shape index (κ1) is 25.2. The molecule has 1 aliphatic heterocycles. The van der Waals surface area contributed by atoms with Gasteiger partial charge in [-0.3, -0.25) is 4.98 Å². The zero-order valence-corrected chi connectivity index (χ0v) is 22.2. The van der Waals surface area contributed by atoms with Gasteiger partial charge >= 0.3 is 7.12 Å². The summed E-state index contributed by atoms with van der Waals surface area (Å²) in [7, 11) is 3.60. The molecule has 190 valence electrons. The van der Waals surface area contributed by atoms with Crippen LogP contribution in [0.25, 0.3) is 10.9 Å². The number of nitrogens with one attached hydrogen (secondary N) is 1. The van der Waals surface area contributed by atoms with E-state index in [0.717, 1.165) is 34.2 Å². The van der Waals surface area contributed by atoms with Gasteiger partial charge in [-0.15, -0.1) is 0 Å². The lowest BCUT2D eigenvalue weighted by molar-refractivity contribution is 0.00578. The topological polar surface area (TPSA) is 83.0 Å². The van der Waals surface area contributed by atoms with Crippen molar-refractivity contribution in [3.8, 4) is 5.88 Å². The minimum Gasteiger partial charge on any atom is -0.494 e. The zero-order chi connectivity index (χ0) is 26.4. The summed E-state index contributed by atoms with van der Waals surface area (Å²) in [6.45, 7) is 9.00. The molecule has 37 heavy (non-hydrogen) atoms. The van der Waals surface area contributed by atoms with Gasteiger partial charge in [0.15, 0.2) is 5.88 Å². The quantitative estimate of drug-likeness (QED) is 0.296. The van der Waals surface area contributed by atoms with Crippen molar-refractivity contribution in [2.45, 2.75) is 45.4 Å². The molecule has 8 heteroatoms. The maximum atomic E-state index is 11.1. The Hall–Kier alpha value is -3.46. The maximum absolute atomic E-state index is 11.1. The molecule has 1 fully saturated rings. The molecule has 2 aromatic heterocycles. The van der Waals surface area contributed by atoms with Crippen molar-refractivity contribution in [1.29, 1.82) is 0 Å². The summed E-state index contributed by atoms with van der Waals surface area (Å²) in [6.07, 6.45) is 3.49. The Morgan fingerprint density at radius 2 is 1.73 bits per heavy atom. The molecule has 0 radical (unpaired) electrons. The molecule has 3 heterocycles. The standard InChI is InChI=1S/C29H33BN4O3/c1-28(2)29(3,4)37-30(36-28)21-11-14-23-24(16-21)33-27(35)25(23)26(20-8-7-15-31-17-20)32-22-12-9-19(10-13-22)18-34(5)6/h7-17,33,35H,18H2,1-6H3. The van der Waals surface area contributed by atoms with E-state index in [1.807, 2.05) is 84.3 Å². The molecule has 0 aliphatic carbocycles. The van der Waals surface area contributed by atoms with Gasteiger partial charge < -0.3 is 24.3 Å². The first-order chi connectivity index (χ1) is 17.5. The molecule has 1 saturated heterocycles. The van der Waals surface area contributed by atoms with Crippen LogP contribution in [0.4, 0.5) is 5.69 Å². The van der Waals surface area contributed by atoms with E-state index in [4.69, 9.17) is 14.3 Å². The largest absolute Gasteiger partial charge is 0.494 e. The number of aliphatic imine (C=N–C) groups is 1. The number of benzene rings is 2. The average molecular weight is 496 g/mol. The van der Waals surface area contributed by atoms with Crippen molar-refractivity contribution in [1.82, 2.24) is 14.9 Å². The predicted octanol–water partition coefficient (Wildman–Crippen LogP) is 4.80. The summed E-state index contributed by atoms with van der Waals surface area (Å²) in [6, 6.07) is 17.9. The van der Waals surface area contributed by atoms with E-state index >= 15 is 0 Å². The van der Waals surface area contributed by atoms with Crippen LogP contribution in [0.1, 0.15) is 44.4 Å². The van der Waals surface area contributed by atoms with Gasteiger partial charge in [-0.2, -0.15) is 0 Å². The highest BCUT2D eigenvalue weighted by molar-refractivity contribution is 6.62. The Balaban J connectivity index is 1.57. The van der Waals surface area contributed by atoms with E-state index < -0.39 is 18.3 Å². The van der Waals surface area contributed by atoms with E-state index in [9.17, 15) is 5.11 Å². The number of aromatic hydroxyl groups is 1. The second-order valence-electron chi connectivity index (χ2n) is 10.8. The monoisotopic (exact) mass is 496 g/mol. The summed E-state index contributed by atoms with van der Waals surface area (Å²) in [4.78, 5) is 14.5. The van der Waals surface area contributed by atoms with Crippen LogP contribution >= 0.6 is 0 Å². The van der Waals surface area contributed by atoms with Crippen LogP contribution in [0.15, 0.2) is 72.0 Å². The van der Waals surface area contributed by atoms with Gasteiger partial charge in [-0.1, -0.05) is 24.3 Å². The van der Waals surface area contributed by atoms with Gasteiger partial charge in [0, 0.05) is 35.4 Å². The van der Waals surface area contributed by atoms with E-state index in [-0.39, 0.29) is 5.88 Å². The Bertz CT molecular complexity index is 1430. The van der Waals surface area contributed by atoms with E-state index in [1.54, 1.807) is 12.4 Å². The predicted molar refractivity (Wildman–Crippen MR) is 149 cm³/mol. The second kappa shape index (κ2) is 9.45. The fraction of sp³-hybridized carbons (Fsp3) is 0.310. The van der Waals surface area contributed by atoms with Crippen LogP contribution in [-0.2, 0) is 15.9 Å². The number of fused-ring (bicyclic) bond motifs is 1. The first-order valence-electron chi connectivity index (χ1n) is 12.5. The molecular weight excluding hydrogens is 463 g/mol. The molecule has 0 bridgehead atoms. The smallest absolute Gasteiger partial charge is 0.494 e. The van der Waals surface area contributed by atoms with Gasteiger partial charge in [0.1, 0.15) is 0 Å². The van der Waals surface area contributed by atoms with Crippen molar-refractivity contribution in [2.75, 3.05) is 14.1 Å². The van der Waals surface area contributed by atoms with Gasteiger partial charge in [0.25, 0.3) is 0 Å². The molecule has 0 saturated carbocycles. The molecular formula is C29H33BN4O3. The summed E-state index contributed by atoms with van der Waals surface area (Å²) >= 11 is 0. The molecule has 5 rings (SSSR count). The number of hydrogen-bond acceptors (Lipinski definition) is 6. The minimum atomic E-state index is -0.490. The van der Waals surface area contributed by atoms with Crippen molar-refractivity contribution in [3.05, 3.63) is 83.7 Å². The molecule has 0 atom stereocenters. The number of H-pyrrole nitrogens is 1. The Kier molecular flexibility index (Phi) is 6.44. The highest BCUT2D eigenvalue weighted by Crippen LogP contribution is 2.37. The zero-order valence-electron chi connectivity index (χ0n) is 22.2. The summed E-state index contributed by atoms with van der Waals surface area (Å²) in [5, 5.41) is 11.9. The third-order valence-corrected chi connectivity index (χ3v) is 7.18. The number of aromatic nitrogens is 2. The highest BCUT2D eigenvalue weighted by atomic mass is 16.7. The van der Waals surface area contributed by atoms with Crippen LogP contribution in [0.3, 0.4) is 0 Å². The summed E-state index contributed by atoms with van der Waals surface area (Å²) < 4.78 is 12.5. The van der Waals surface area contributed by atoms with Gasteiger partial charge in [0.2, 0.25) is 0 Å². The number of nitrogens with zero attached hydrogens (tertiary/aromatic N) is 3. The van der Waals surface area contributed by atoms with Crippen LogP contribution in [0, 0.1) is 0 Å². The van der Waals surface area contributed by atoms with Crippen molar-refractivity contribution in [2.24, 2.45) is 4.99 Å². The van der Waals surface area contributed by atoms with Crippen LogP contribution in [0.5, 0.6) is 5.88 Å². The minimum absolute atomic E-state index is 0.0490. The fourth-order valence-corrected chi connectivity index (χ4v) is 4.50. The maximum Gasteiger partial charge on any atom is 0.494 e. The van der Waals surface area contributed by atoms with Crippen molar-refractivity contribution >= 4 is 34.9 Å². The summed E-state index contributed by atoms with van der Waals surface area (Å²) in [5.74, 6) is 0.0490. The van der Waals surface area contributed by atoms with Gasteiger partial charge in [-0.05, 0) is 83.1 Å². The lowest BCUT2D eigenvalue weighted by Gasteiger charge is -2.32. The lowest BCUT2D eigenvalue weighted by Crippen LogP contribution is -2.41. The number of rotatable bonds is 6. The van der Waals surface area contributed by atoms with E-state index in [2.05, 4.69) is 27.0 Å². The van der Waals surface area contributed by atoms with Crippen LogP contribution < -0.4 is 5.46 Å². The van der Waals surface area contributed by atoms with Crippen LogP contribution in [0.2, 0.25) is 0 Å². The molecule has 2 N–H and O–H groups in total. The molecule has 1 aliphatic rings. The Morgan fingerprint density at radius 3 is 2.35 bits per heavy atom. The molecule has 2 aromatic carbocycles. The molecule has 0 amide bonds. The van der Waals surface area contributed by atoms with Crippen LogP contribution in [-0.4, -0.2) is 58.1 Å². The Labute approximate surface area is 218 Å².